The summed E-state index contributed by atoms with van der Waals surface area (Å²) in [6.07, 6.45) is 10.4. The summed E-state index contributed by atoms with van der Waals surface area (Å²) in [5, 5.41) is 0. The third-order valence-electron chi connectivity index (χ3n) is 3.66. The Morgan fingerprint density at radius 2 is 1.79 bits per heavy atom. The van der Waals surface area contributed by atoms with Crippen LogP contribution in [0, 0.1) is 5.41 Å². The summed E-state index contributed by atoms with van der Waals surface area (Å²) in [7, 11) is 0. The lowest BCUT2D eigenvalue weighted by Gasteiger charge is -2.26. The van der Waals surface area contributed by atoms with Crippen LogP contribution in [0.15, 0.2) is 0 Å². The Morgan fingerprint density at radius 1 is 1.07 bits per heavy atom. The van der Waals surface area contributed by atoms with Crippen molar-refractivity contribution >= 4 is 0 Å². The third-order valence-corrected chi connectivity index (χ3v) is 3.66. The Kier molecular flexibility index (Phi) is 4.00. The largest absolute Gasteiger partial charge is 0.325 e. The second-order valence-electron chi connectivity index (χ2n) is 6.01. The smallest absolute Gasteiger partial charge is 0.0159 e. The van der Waals surface area contributed by atoms with Crippen LogP contribution >= 0.6 is 0 Å². The summed E-state index contributed by atoms with van der Waals surface area (Å²) in [5.74, 6) is 0. The van der Waals surface area contributed by atoms with Gasteiger partial charge in [-0.05, 0) is 31.1 Å². The van der Waals surface area contributed by atoms with Gasteiger partial charge in [0.2, 0.25) is 0 Å². The van der Waals surface area contributed by atoms with Crippen molar-refractivity contribution < 1.29 is 0 Å². The van der Waals surface area contributed by atoms with E-state index in [2.05, 4.69) is 20.8 Å². The van der Waals surface area contributed by atoms with Gasteiger partial charge in [-0.3, -0.25) is 0 Å². The summed E-state index contributed by atoms with van der Waals surface area (Å²) < 4.78 is 0. The van der Waals surface area contributed by atoms with E-state index in [0.717, 1.165) is 0 Å². The molecule has 1 saturated carbocycles. The minimum absolute atomic E-state index is 0.178. The maximum absolute atomic E-state index is 6.42. The molecule has 0 bridgehead atoms. The van der Waals surface area contributed by atoms with Gasteiger partial charge in [-0.2, -0.15) is 0 Å². The van der Waals surface area contributed by atoms with Crippen LogP contribution in [0.25, 0.3) is 0 Å². The molecule has 0 spiro atoms. The van der Waals surface area contributed by atoms with Crippen LogP contribution in [0.1, 0.15) is 72.1 Å². The van der Waals surface area contributed by atoms with Gasteiger partial charge in [0.15, 0.2) is 0 Å². The fraction of sp³-hybridized carbons (Fsp3) is 1.00. The predicted molar refractivity (Wildman–Crippen MR) is 63.3 cm³/mol. The molecule has 0 heterocycles. The van der Waals surface area contributed by atoms with Crippen molar-refractivity contribution in [1.82, 2.24) is 0 Å². The first-order chi connectivity index (χ1) is 6.47. The summed E-state index contributed by atoms with van der Waals surface area (Å²) >= 11 is 0. The molecule has 0 aromatic rings. The molecule has 0 amide bonds. The van der Waals surface area contributed by atoms with Gasteiger partial charge >= 0.3 is 0 Å². The van der Waals surface area contributed by atoms with Gasteiger partial charge in [0.05, 0.1) is 0 Å². The zero-order valence-electron chi connectivity index (χ0n) is 10.2. The van der Waals surface area contributed by atoms with E-state index in [9.17, 15) is 0 Å². The highest BCUT2D eigenvalue weighted by atomic mass is 14.8. The molecule has 1 unspecified atom stereocenters. The molecule has 2 N–H and O–H groups in total. The molecule has 0 saturated heterocycles. The molecule has 1 aliphatic carbocycles. The van der Waals surface area contributed by atoms with Crippen LogP contribution in [0.4, 0.5) is 0 Å². The Labute approximate surface area is 89.5 Å². The van der Waals surface area contributed by atoms with E-state index in [4.69, 9.17) is 5.73 Å². The number of nitrogens with two attached hydrogens (primary N) is 1. The van der Waals surface area contributed by atoms with Crippen molar-refractivity contribution in [2.24, 2.45) is 11.1 Å². The average Bonchev–Trinajstić information content (AvgIpc) is 2.36. The SMILES string of the molecule is CCCCCCC1(N)CCC(C)(C)C1. The van der Waals surface area contributed by atoms with Crippen molar-refractivity contribution in [3.05, 3.63) is 0 Å². The fourth-order valence-electron chi connectivity index (χ4n) is 2.83. The van der Waals surface area contributed by atoms with E-state index in [1.54, 1.807) is 0 Å². The van der Waals surface area contributed by atoms with Crippen molar-refractivity contribution in [2.45, 2.75) is 77.7 Å². The van der Waals surface area contributed by atoms with E-state index in [1.807, 2.05) is 0 Å². The lowest BCUT2D eigenvalue weighted by atomic mass is 9.85. The van der Waals surface area contributed by atoms with Gasteiger partial charge < -0.3 is 5.73 Å². The highest BCUT2D eigenvalue weighted by Gasteiger charge is 2.39. The average molecular weight is 197 g/mol. The molecule has 0 aliphatic heterocycles. The van der Waals surface area contributed by atoms with Crippen LogP contribution < -0.4 is 5.73 Å². The minimum Gasteiger partial charge on any atom is -0.325 e. The Hall–Kier alpha value is -0.0400. The third kappa shape index (κ3) is 3.61. The molecular weight excluding hydrogens is 170 g/mol. The van der Waals surface area contributed by atoms with E-state index in [0.29, 0.717) is 5.41 Å². The summed E-state index contributed by atoms with van der Waals surface area (Å²) in [5.41, 5.74) is 7.09. The first-order valence-corrected chi connectivity index (χ1v) is 6.26. The second kappa shape index (κ2) is 4.65. The Bertz CT molecular complexity index is 174. The molecule has 1 atom stereocenters. The monoisotopic (exact) mass is 197 g/mol. The van der Waals surface area contributed by atoms with Crippen molar-refractivity contribution in [3.8, 4) is 0 Å². The first kappa shape index (κ1) is 12.0. The van der Waals surface area contributed by atoms with Crippen LogP contribution in [0.5, 0.6) is 0 Å². The standard InChI is InChI=1S/C13H27N/c1-4-5-6-7-8-13(14)10-9-12(2,3)11-13/h4-11,14H2,1-3H3. The Morgan fingerprint density at radius 3 is 2.29 bits per heavy atom. The van der Waals surface area contributed by atoms with Crippen LogP contribution in [0.3, 0.4) is 0 Å². The second-order valence-corrected chi connectivity index (χ2v) is 6.01. The molecule has 1 nitrogen and oxygen atoms in total. The van der Waals surface area contributed by atoms with E-state index < -0.39 is 0 Å². The van der Waals surface area contributed by atoms with Gasteiger partial charge in [-0.1, -0.05) is 46.5 Å². The van der Waals surface area contributed by atoms with Crippen LogP contribution in [-0.4, -0.2) is 5.54 Å². The fourth-order valence-corrected chi connectivity index (χ4v) is 2.83. The topological polar surface area (TPSA) is 26.0 Å². The van der Waals surface area contributed by atoms with Crippen molar-refractivity contribution in [1.29, 1.82) is 0 Å². The molecule has 1 fully saturated rings. The van der Waals surface area contributed by atoms with Gasteiger partial charge in [0.1, 0.15) is 0 Å². The number of rotatable bonds is 5. The number of unbranched alkanes of at least 4 members (excludes halogenated alkanes) is 3. The van der Waals surface area contributed by atoms with Gasteiger partial charge in [0.25, 0.3) is 0 Å². The lowest BCUT2D eigenvalue weighted by molar-refractivity contribution is 0.316. The highest BCUT2D eigenvalue weighted by Crippen LogP contribution is 2.44. The summed E-state index contributed by atoms with van der Waals surface area (Å²) in [6.45, 7) is 6.97. The van der Waals surface area contributed by atoms with Gasteiger partial charge in [0, 0.05) is 5.54 Å². The molecule has 14 heavy (non-hydrogen) atoms. The zero-order valence-corrected chi connectivity index (χ0v) is 10.2. The maximum Gasteiger partial charge on any atom is 0.0159 e. The van der Waals surface area contributed by atoms with Gasteiger partial charge in [-0.25, -0.2) is 0 Å². The minimum atomic E-state index is 0.178. The quantitative estimate of drug-likeness (QED) is 0.665. The summed E-state index contributed by atoms with van der Waals surface area (Å²) in [6, 6.07) is 0. The Balaban J connectivity index is 2.23. The zero-order chi connectivity index (χ0) is 10.7. The van der Waals surface area contributed by atoms with Gasteiger partial charge in [-0.15, -0.1) is 0 Å². The van der Waals surface area contributed by atoms with E-state index in [-0.39, 0.29) is 5.54 Å². The molecule has 0 aromatic carbocycles. The van der Waals surface area contributed by atoms with Crippen molar-refractivity contribution in [3.63, 3.8) is 0 Å². The van der Waals surface area contributed by atoms with Crippen LogP contribution in [0.2, 0.25) is 0 Å². The number of hydrogen-bond donors (Lipinski definition) is 1. The first-order valence-electron chi connectivity index (χ1n) is 6.26. The lowest BCUT2D eigenvalue weighted by Crippen LogP contribution is -2.37. The molecule has 1 heteroatoms. The maximum atomic E-state index is 6.42. The normalized spacial score (nSPS) is 30.9. The molecular formula is C13H27N. The molecule has 84 valence electrons. The predicted octanol–water partition coefficient (Wildman–Crippen LogP) is 3.86. The van der Waals surface area contributed by atoms with E-state index in [1.165, 1.54) is 51.4 Å². The molecule has 1 rings (SSSR count). The number of hydrogen-bond acceptors (Lipinski definition) is 1. The van der Waals surface area contributed by atoms with Crippen LogP contribution in [-0.2, 0) is 0 Å². The molecule has 0 aromatic heterocycles. The molecule has 0 radical (unpaired) electrons. The van der Waals surface area contributed by atoms with Crippen molar-refractivity contribution in [2.75, 3.05) is 0 Å². The highest BCUT2D eigenvalue weighted by molar-refractivity contribution is 4.97. The summed E-state index contributed by atoms with van der Waals surface area (Å²) in [4.78, 5) is 0. The van der Waals surface area contributed by atoms with E-state index >= 15 is 0 Å². The molecule has 1 aliphatic rings.